The summed E-state index contributed by atoms with van der Waals surface area (Å²) in [5.41, 5.74) is 4.61. The fourth-order valence-corrected chi connectivity index (χ4v) is 3.01. The number of nitrogens with zero attached hydrogens (tertiary/aromatic N) is 1. The van der Waals surface area contributed by atoms with Crippen molar-refractivity contribution in [2.75, 3.05) is 7.11 Å². The van der Waals surface area contributed by atoms with E-state index in [1.807, 2.05) is 54.6 Å². The molecule has 0 amide bonds. The molecule has 0 aliphatic rings. The van der Waals surface area contributed by atoms with Crippen molar-refractivity contribution >= 4 is 27.8 Å². The smallest absolute Gasteiger partial charge is 0.311 e. The lowest BCUT2D eigenvalue weighted by molar-refractivity contribution is -0.139. The van der Waals surface area contributed by atoms with Crippen LogP contribution in [-0.4, -0.2) is 23.0 Å². The zero-order valence-corrected chi connectivity index (χ0v) is 13.2. The first-order valence-electron chi connectivity index (χ1n) is 7.79. The van der Waals surface area contributed by atoms with E-state index in [0.717, 1.165) is 33.1 Å². The summed E-state index contributed by atoms with van der Waals surface area (Å²) in [5, 5.41) is 2.19. The lowest BCUT2D eigenvalue weighted by atomic mass is 10.1. The fourth-order valence-electron chi connectivity index (χ4n) is 3.01. The Balaban J connectivity index is 2.02. The van der Waals surface area contributed by atoms with Gasteiger partial charge in [0.1, 0.15) is 0 Å². The molecular formula is C20H16N2O2. The standard InChI is InChI=1S/C20H16N2O2/c1-24-18(23)12-14-11-16-15-9-5-6-10-17(15)22-20(16)19(21-14)13-7-3-2-4-8-13/h2-11,22H,12H2,1H3. The quantitative estimate of drug-likeness (QED) is 0.579. The van der Waals surface area contributed by atoms with Gasteiger partial charge in [0.25, 0.3) is 0 Å². The highest BCUT2D eigenvalue weighted by atomic mass is 16.5. The second-order valence-electron chi connectivity index (χ2n) is 5.67. The number of carbonyl (C=O) groups is 1. The van der Waals surface area contributed by atoms with Gasteiger partial charge in [0.2, 0.25) is 0 Å². The number of carbonyl (C=O) groups excluding carboxylic acids is 1. The van der Waals surface area contributed by atoms with Crippen LogP contribution in [0.1, 0.15) is 5.69 Å². The zero-order valence-electron chi connectivity index (χ0n) is 13.2. The number of para-hydroxylation sites is 1. The van der Waals surface area contributed by atoms with Crippen LogP contribution in [0.4, 0.5) is 0 Å². The number of nitrogens with one attached hydrogen (secondary N) is 1. The van der Waals surface area contributed by atoms with Gasteiger partial charge in [-0.05, 0) is 12.1 Å². The molecule has 2 heterocycles. The summed E-state index contributed by atoms with van der Waals surface area (Å²) in [6.07, 6.45) is 0.159. The summed E-state index contributed by atoms with van der Waals surface area (Å²) in [7, 11) is 1.39. The second-order valence-corrected chi connectivity index (χ2v) is 5.67. The van der Waals surface area contributed by atoms with Crippen molar-refractivity contribution in [2.24, 2.45) is 0 Å². The number of rotatable bonds is 3. The fraction of sp³-hybridized carbons (Fsp3) is 0.100. The second kappa shape index (κ2) is 5.81. The summed E-state index contributed by atoms with van der Waals surface area (Å²) in [4.78, 5) is 19.9. The van der Waals surface area contributed by atoms with Crippen molar-refractivity contribution in [2.45, 2.75) is 6.42 Å². The van der Waals surface area contributed by atoms with Crippen LogP contribution in [0.15, 0.2) is 60.7 Å². The highest BCUT2D eigenvalue weighted by molar-refractivity contribution is 6.11. The first-order chi connectivity index (χ1) is 11.8. The molecule has 4 nitrogen and oxygen atoms in total. The number of methoxy groups -OCH3 is 1. The highest BCUT2D eigenvalue weighted by Crippen LogP contribution is 2.32. The van der Waals surface area contributed by atoms with Crippen LogP contribution >= 0.6 is 0 Å². The van der Waals surface area contributed by atoms with Gasteiger partial charge in [0, 0.05) is 21.9 Å². The maximum absolute atomic E-state index is 11.7. The molecule has 1 N–H and O–H groups in total. The van der Waals surface area contributed by atoms with E-state index >= 15 is 0 Å². The molecule has 0 fully saturated rings. The van der Waals surface area contributed by atoms with Gasteiger partial charge < -0.3 is 9.72 Å². The molecule has 0 saturated carbocycles. The van der Waals surface area contributed by atoms with Crippen LogP contribution in [0.3, 0.4) is 0 Å². The van der Waals surface area contributed by atoms with Crippen LogP contribution in [0.2, 0.25) is 0 Å². The van der Waals surface area contributed by atoms with Crippen molar-refractivity contribution in [3.05, 3.63) is 66.4 Å². The third-order valence-electron chi connectivity index (χ3n) is 4.15. The van der Waals surface area contributed by atoms with Crippen molar-refractivity contribution in [3.63, 3.8) is 0 Å². The number of H-pyrrole nitrogens is 1. The molecule has 0 saturated heterocycles. The summed E-state index contributed by atoms with van der Waals surface area (Å²) in [6.45, 7) is 0. The first kappa shape index (κ1) is 14.5. The van der Waals surface area contributed by atoms with Gasteiger partial charge in [-0.2, -0.15) is 0 Å². The van der Waals surface area contributed by atoms with E-state index in [0.29, 0.717) is 5.69 Å². The minimum absolute atomic E-state index is 0.159. The predicted octanol–water partition coefficient (Wildman–Crippen LogP) is 4.10. The van der Waals surface area contributed by atoms with Crippen molar-refractivity contribution in [1.29, 1.82) is 0 Å². The SMILES string of the molecule is COC(=O)Cc1cc2c([nH]c3ccccc32)c(-c2ccccc2)n1. The molecule has 0 atom stereocenters. The third-order valence-corrected chi connectivity index (χ3v) is 4.15. The lowest BCUT2D eigenvalue weighted by Gasteiger charge is -2.07. The first-order valence-corrected chi connectivity index (χ1v) is 7.79. The molecule has 4 aromatic rings. The average molecular weight is 316 g/mol. The third kappa shape index (κ3) is 2.42. The molecule has 2 aromatic heterocycles. The Hall–Kier alpha value is -3.14. The molecule has 0 bridgehead atoms. The molecule has 0 spiro atoms. The number of esters is 1. The summed E-state index contributed by atoms with van der Waals surface area (Å²) in [5.74, 6) is -0.291. The van der Waals surface area contributed by atoms with Crippen LogP contribution in [0.25, 0.3) is 33.1 Å². The Labute approximate surface area is 139 Å². The Kier molecular flexibility index (Phi) is 3.50. The van der Waals surface area contributed by atoms with E-state index in [1.54, 1.807) is 0 Å². The van der Waals surface area contributed by atoms with Crippen LogP contribution < -0.4 is 0 Å². The summed E-state index contributed by atoms with van der Waals surface area (Å²) < 4.78 is 4.79. The van der Waals surface area contributed by atoms with Crippen molar-refractivity contribution in [3.8, 4) is 11.3 Å². The molecule has 4 rings (SSSR count). The zero-order chi connectivity index (χ0) is 16.5. The molecule has 118 valence electrons. The Morgan fingerprint density at radius 2 is 1.79 bits per heavy atom. The van der Waals surface area contributed by atoms with Gasteiger partial charge in [-0.3, -0.25) is 4.79 Å². The van der Waals surface area contributed by atoms with E-state index in [-0.39, 0.29) is 12.4 Å². The molecule has 0 radical (unpaired) electrons. The number of hydrogen-bond donors (Lipinski definition) is 1. The minimum atomic E-state index is -0.291. The Morgan fingerprint density at radius 3 is 2.58 bits per heavy atom. The topological polar surface area (TPSA) is 55.0 Å². The monoisotopic (exact) mass is 316 g/mol. The van der Waals surface area contributed by atoms with Crippen LogP contribution in [0.5, 0.6) is 0 Å². The van der Waals surface area contributed by atoms with Gasteiger partial charge >= 0.3 is 5.97 Å². The number of fused-ring (bicyclic) bond motifs is 3. The maximum atomic E-state index is 11.7. The van der Waals surface area contributed by atoms with Crippen LogP contribution in [0, 0.1) is 0 Å². The molecule has 0 aliphatic heterocycles. The number of hydrogen-bond acceptors (Lipinski definition) is 3. The van der Waals surface area contributed by atoms with E-state index in [1.165, 1.54) is 7.11 Å². The number of ether oxygens (including phenoxy) is 1. The Bertz CT molecular complexity index is 1040. The normalized spacial score (nSPS) is 11.0. The maximum Gasteiger partial charge on any atom is 0.311 e. The van der Waals surface area contributed by atoms with Gasteiger partial charge in [-0.25, -0.2) is 4.98 Å². The van der Waals surface area contributed by atoms with E-state index in [4.69, 9.17) is 9.72 Å². The molecular weight excluding hydrogens is 300 g/mol. The summed E-state index contributed by atoms with van der Waals surface area (Å²) in [6, 6.07) is 20.1. The molecule has 24 heavy (non-hydrogen) atoms. The van der Waals surface area contributed by atoms with Gasteiger partial charge in [0.05, 0.1) is 30.4 Å². The number of pyridine rings is 1. The number of aromatic nitrogens is 2. The highest BCUT2D eigenvalue weighted by Gasteiger charge is 2.14. The average Bonchev–Trinajstić information content (AvgIpc) is 3.00. The summed E-state index contributed by atoms with van der Waals surface area (Å²) >= 11 is 0. The minimum Gasteiger partial charge on any atom is -0.469 e. The van der Waals surface area contributed by atoms with E-state index in [2.05, 4.69) is 11.1 Å². The van der Waals surface area contributed by atoms with Crippen molar-refractivity contribution in [1.82, 2.24) is 9.97 Å². The van der Waals surface area contributed by atoms with Crippen LogP contribution in [-0.2, 0) is 16.0 Å². The number of benzene rings is 2. The predicted molar refractivity (Wildman–Crippen MR) is 94.8 cm³/mol. The lowest BCUT2D eigenvalue weighted by Crippen LogP contribution is -2.06. The Morgan fingerprint density at radius 1 is 1.04 bits per heavy atom. The molecule has 4 heteroatoms. The molecule has 0 aliphatic carbocycles. The van der Waals surface area contributed by atoms with Gasteiger partial charge in [-0.1, -0.05) is 48.5 Å². The van der Waals surface area contributed by atoms with Gasteiger partial charge in [0.15, 0.2) is 0 Å². The molecule has 2 aromatic carbocycles. The van der Waals surface area contributed by atoms with E-state index < -0.39 is 0 Å². The van der Waals surface area contributed by atoms with E-state index in [9.17, 15) is 4.79 Å². The molecule has 0 unspecified atom stereocenters. The van der Waals surface area contributed by atoms with Gasteiger partial charge in [-0.15, -0.1) is 0 Å². The largest absolute Gasteiger partial charge is 0.469 e. The number of aromatic amines is 1. The van der Waals surface area contributed by atoms with Crippen molar-refractivity contribution < 1.29 is 9.53 Å².